The molecule has 2 N–H and O–H groups in total. The first-order valence-corrected chi connectivity index (χ1v) is 8.51. The van der Waals surface area contributed by atoms with E-state index in [2.05, 4.69) is 12.2 Å². The molecule has 5 heteroatoms. The summed E-state index contributed by atoms with van der Waals surface area (Å²) in [6.07, 6.45) is 2.61. The molecule has 0 amide bonds. The molecular weight excluding hydrogens is 262 g/mol. The highest BCUT2D eigenvalue weighted by molar-refractivity contribution is 7.91. The van der Waals surface area contributed by atoms with E-state index in [1.54, 1.807) is 12.1 Å². The van der Waals surface area contributed by atoms with E-state index in [-0.39, 0.29) is 17.5 Å². The van der Waals surface area contributed by atoms with Gasteiger partial charge in [0.2, 0.25) is 0 Å². The van der Waals surface area contributed by atoms with Gasteiger partial charge < -0.3 is 10.4 Å². The minimum Gasteiger partial charge on any atom is -0.508 e. The van der Waals surface area contributed by atoms with Crippen LogP contribution >= 0.6 is 0 Å². The molecule has 0 bridgehead atoms. The van der Waals surface area contributed by atoms with Crippen molar-refractivity contribution in [3.05, 3.63) is 29.8 Å². The van der Waals surface area contributed by atoms with E-state index in [1.807, 2.05) is 12.1 Å². The maximum atomic E-state index is 11.4. The molecule has 0 radical (unpaired) electrons. The van der Waals surface area contributed by atoms with E-state index >= 15 is 0 Å². The zero-order valence-electron chi connectivity index (χ0n) is 11.2. The molecule has 0 saturated carbocycles. The highest BCUT2D eigenvalue weighted by Gasteiger charge is 2.28. The second-order valence-corrected chi connectivity index (χ2v) is 7.60. The SMILES string of the molecule is CC(CCc1ccc(O)cc1)NC1CCS(=O)(=O)C1. The lowest BCUT2D eigenvalue weighted by molar-refractivity contribution is 0.450. The largest absolute Gasteiger partial charge is 0.508 e. The van der Waals surface area contributed by atoms with E-state index in [0.29, 0.717) is 11.8 Å². The van der Waals surface area contributed by atoms with Gasteiger partial charge in [0.1, 0.15) is 5.75 Å². The van der Waals surface area contributed by atoms with Gasteiger partial charge in [-0.2, -0.15) is 0 Å². The lowest BCUT2D eigenvalue weighted by Gasteiger charge is -2.18. The lowest BCUT2D eigenvalue weighted by atomic mass is 10.1. The van der Waals surface area contributed by atoms with Crippen LogP contribution in [0.15, 0.2) is 24.3 Å². The Balaban J connectivity index is 1.76. The van der Waals surface area contributed by atoms with Gasteiger partial charge in [0.05, 0.1) is 11.5 Å². The van der Waals surface area contributed by atoms with Crippen LogP contribution in [0.3, 0.4) is 0 Å². The molecule has 1 saturated heterocycles. The van der Waals surface area contributed by atoms with Crippen molar-refractivity contribution in [3.8, 4) is 5.75 Å². The summed E-state index contributed by atoms with van der Waals surface area (Å²) in [5.41, 5.74) is 1.19. The molecule has 1 aromatic carbocycles. The first-order valence-electron chi connectivity index (χ1n) is 6.69. The second-order valence-electron chi connectivity index (χ2n) is 5.37. The highest BCUT2D eigenvalue weighted by atomic mass is 32.2. The Morgan fingerprint density at radius 1 is 1.37 bits per heavy atom. The normalized spacial score (nSPS) is 23.3. The van der Waals surface area contributed by atoms with Gasteiger partial charge in [0, 0.05) is 12.1 Å². The molecular formula is C14H21NO3S. The van der Waals surface area contributed by atoms with E-state index in [9.17, 15) is 13.5 Å². The topological polar surface area (TPSA) is 66.4 Å². The molecule has 106 valence electrons. The van der Waals surface area contributed by atoms with Crippen LogP contribution < -0.4 is 5.32 Å². The molecule has 2 atom stereocenters. The number of hydrogen-bond acceptors (Lipinski definition) is 4. The van der Waals surface area contributed by atoms with Crippen LogP contribution in [0.25, 0.3) is 0 Å². The first kappa shape index (κ1) is 14.3. The monoisotopic (exact) mass is 283 g/mol. The Bertz CT molecular complexity index is 510. The molecule has 0 aromatic heterocycles. The van der Waals surface area contributed by atoms with Gasteiger partial charge in [0.25, 0.3) is 0 Å². The van der Waals surface area contributed by atoms with Crippen molar-refractivity contribution >= 4 is 9.84 Å². The number of phenols is 1. The Labute approximate surface area is 114 Å². The third kappa shape index (κ3) is 4.51. The van der Waals surface area contributed by atoms with Crippen LogP contribution in [0.1, 0.15) is 25.3 Å². The predicted molar refractivity (Wildman–Crippen MR) is 76.1 cm³/mol. The van der Waals surface area contributed by atoms with Gasteiger partial charge in [-0.05, 0) is 43.9 Å². The van der Waals surface area contributed by atoms with E-state index in [0.717, 1.165) is 19.3 Å². The van der Waals surface area contributed by atoms with Crippen LogP contribution in [0, 0.1) is 0 Å². The first-order chi connectivity index (χ1) is 8.94. The second kappa shape index (κ2) is 5.92. The van der Waals surface area contributed by atoms with Crippen LogP contribution in [-0.2, 0) is 16.3 Å². The fraction of sp³-hybridized carbons (Fsp3) is 0.571. The molecule has 1 aromatic rings. The summed E-state index contributed by atoms with van der Waals surface area (Å²) >= 11 is 0. The van der Waals surface area contributed by atoms with Crippen molar-refractivity contribution in [1.29, 1.82) is 0 Å². The van der Waals surface area contributed by atoms with Gasteiger partial charge in [-0.3, -0.25) is 0 Å². The zero-order valence-corrected chi connectivity index (χ0v) is 12.0. The van der Waals surface area contributed by atoms with Crippen LogP contribution in [0.5, 0.6) is 5.75 Å². The zero-order chi connectivity index (χ0) is 13.9. The Morgan fingerprint density at radius 2 is 2.05 bits per heavy atom. The number of nitrogens with one attached hydrogen (secondary N) is 1. The summed E-state index contributed by atoms with van der Waals surface area (Å²) in [7, 11) is -2.80. The van der Waals surface area contributed by atoms with Crippen LogP contribution in [0.4, 0.5) is 0 Å². The molecule has 0 aliphatic carbocycles. The maximum absolute atomic E-state index is 11.4. The number of aromatic hydroxyl groups is 1. The molecule has 1 heterocycles. The lowest BCUT2D eigenvalue weighted by Crippen LogP contribution is -2.37. The molecule has 1 fully saturated rings. The van der Waals surface area contributed by atoms with Crippen molar-refractivity contribution in [3.63, 3.8) is 0 Å². The van der Waals surface area contributed by atoms with Crippen molar-refractivity contribution in [2.24, 2.45) is 0 Å². The van der Waals surface area contributed by atoms with Gasteiger partial charge in [0.15, 0.2) is 9.84 Å². The molecule has 4 nitrogen and oxygen atoms in total. The van der Waals surface area contributed by atoms with Gasteiger partial charge >= 0.3 is 0 Å². The summed E-state index contributed by atoms with van der Waals surface area (Å²) in [6.45, 7) is 2.09. The molecule has 1 aliphatic rings. The summed E-state index contributed by atoms with van der Waals surface area (Å²) in [5.74, 6) is 0.873. The minimum atomic E-state index is -2.80. The summed E-state index contributed by atoms with van der Waals surface area (Å²) in [5, 5.41) is 12.6. The van der Waals surface area contributed by atoms with Gasteiger partial charge in [-0.25, -0.2) is 8.42 Å². The molecule has 2 rings (SSSR count). The van der Waals surface area contributed by atoms with Crippen molar-refractivity contribution in [2.45, 2.75) is 38.3 Å². The average molecular weight is 283 g/mol. The van der Waals surface area contributed by atoms with Crippen molar-refractivity contribution in [1.82, 2.24) is 5.32 Å². The third-order valence-corrected chi connectivity index (χ3v) is 5.32. The molecule has 1 aliphatic heterocycles. The number of hydrogen-bond donors (Lipinski definition) is 2. The Morgan fingerprint density at radius 3 is 2.63 bits per heavy atom. The molecule has 0 spiro atoms. The van der Waals surface area contributed by atoms with Crippen LogP contribution in [-0.4, -0.2) is 37.1 Å². The predicted octanol–water partition coefficient (Wildman–Crippen LogP) is 1.49. The number of aryl methyl sites for hydroxylation is 1. The van der Waals surface area contributed by atoms with Crippen molar-refractivity contribution < 1.29 is 13.5 Å². The van der Waals surface area contributed by atoms with E-state index in [1.165, 1.54) is 5.56 Å². The van der Waals surface area contributed by atoms with E-state index in [4.69, 9.17) is 0 Å². The smallest absolute Gasteiger partial charge is 0.151 e. The molecule has 2 unspecified atom stereocenters. The van der Waals surface area contributed by atoms with Crippen LogP contribution in [0.2, 0.25) is 0 Å². The summed E-state index contributed by atoms with van der Waals surface area (Å²) in [4.78, 5) is 0. The summed E-state index contributed by atoms with van der Waals surface area (Å²) in [6, 6.07) is 7.63. The summed E-state index contributed by atoms with van der Waals surface area (Å²) < 4.78 is 22.7. The third-order valence-electron chi connectivity index (χ3n) is 3.56. The van der Waals surface area contributed by atoms with Crippen molar-refractivity contribution in [2.75, 3.05) is 11.5 Å². The standard InChI is InChI=1S/C14H21NO3S/c1-11(15-13-8-9-19(17,18)10-13)2-3-12-4-6-14(16)7-5-12/h4-7,11,13,15-16H,2-3,8-10H2,1H3. The number of rotatable bonds is 5. The quantitative estimate of drug-likeness (QED) is 0.859. The van der Waals surface area contributed by atoms with Gasteiger partial charge in [-0.15, -0.1) is 0 Å². The fourth-order valence-electron chi connectivity index (χ4n) is 2.46. The molecule has 19 heavy (non-hydrogen) atoms. The van der Waals surface area contributed by atoms with E-state index < -0.39 is 9.84 Å². The fourth-order valence-corrected chi connectivity index (χ4v) is 4.14. The number of benzene rings is 1. The Hall–Kier alpha value is -1.07. The average Bonchev–Trinajstić information content (AvgIpc) is 2.68. The Kier molecular flexibility index (Phi) is 4.47. The minimum absolute atomic E-state index is 0.111. The van der Waals surface area contributed by atoms with Gasteiger partial charge in [-0.1, -0.05) is 12.1 Å². The highest BCUT2D eigenvalue weighted by Crippen LogP contribution is 2.14. The maximum Gasteiger partial charge on any atom is 0.151 e. The number of sulfone groups is 1. The number of phenolic OH excluding ortho intramolecular Hbond substituents is 1.